The van der Waals surface area contributed by atoms with Crippen molar-refractivity contribution >= 4 is 5.91 Å². The van der Waals surface area contributed by atoms with Gasteiger partial charge in [0.2, 0.25) is 0 Å². The minimum atomic E-state index is -5.10. The molecule has 9 nitrogen and oxygen atoms in total. The number of hydrogen-bond acceptors (Lipinski definition) is 7. The van der Waals surface area contributed by atoms with Crippen LogP contribution in [0.4, 0.5) is 30.7 Å². The molecule has 2 bridgehead atoms. The molecule has 0 radical (unpaired) electrons. The molecule has 2 aliphatic rings. The summed E-state index contributed by atoms with van der Waals surface area (Å²) in [5.41, 5.74) is -2.63. The highest BCUT2D eigenvalue weighted by atomic mass is 19.4. The van der Waals surface area contributed by atoms with Crippen LogP contribution in [0.2, 0.25) is 0 Å². The Bertz CT molecular complexity index is 1330. The van der Waals surface area contributed by atoms with E-state index in [-0.39, 0.29) is 37.1 Å². The molecular formula is C20H13F7N6O3. The number of halogens is 7. The Balaban J connectivity index is 1.50. The van der Waals surface area contributed by atoms with Gasteiger partial charge in [-0.25, -0.2) is 9.37 Å². The number of hydrogen-bond donors (Lipinski definition) is 0. The summed E-state index contributed by atoms with van der Waals surface area (Å²) in [7, 11) is 0. The van der Waals surface area contributed by atoms with E-state index < -0.39 is 53.4 Å². The third-order valence-corrected chi connectivity index (χ3v) is 5.60. The summed E-state index contributed by atoms with van der Waals surface area (Å²) < 4.78 is 103. The number of ether oxygens (including phenoxy) is 2. The van der Waals surface area contributed by atoms with Gasteiger partial charge in [0.05, 0.1) is 24.8 Å². The second-order valence-corrected chi connectivity index (χ2v) is 7.86. The summed E-state index contributed by atoms with van der Waals surface area (Å²) in [6.07, 6.45) is -8.25. The largest absolute Gasteiger partial charge is 0.573 e. The molecule has 3 aromatic rings. The van der Waals surface area contributed by atoms with Gasteiger partial charge in [0.25, 0.3) is 5.91 Å². The summed E-state index contributed by atoms with van der Waals surface area (Å²) in [5, 5.41) is 8.00. The summed E-state index contributed by atoms with van der Waals surface area (Å²) in [6.45, 7) is -0.197. The van der Waals surface area contributed by atoms with Crippen molar-refractivity contribution < 1.29 is 45.0 Å². The van der Waals surface area contributed by atoms with Crippen molar-refractivity contribution in [3.8, 4) is 17.3 Å². The molecule has 1 amide bonds. The topological polar surface area (TPSA) is 95.3 Å². The molecule has 190 valence electrons. The van der Waals surface area contributed by atoms with Crippen LogP contribution in [0.3, 0.4) is 0 Å². The SMILES string of the molecule is O=C(c1ccnc(C(F)(F)F)c1F)N1C2COCC1c1nnc(-c3cc(OC(F)(F)F)ccn3)n1C2. The van der Waals surface area contributed by atoms with Crippen LogP contribution in [-0.2, 0) is 17.5 Å². The van der Waals surface area contributed by atoms with Gasteiger partial charge >= 0.3 is 12.5 Å². The van der Waals surface area contributed by atoms with E-state index in [1.807, 2.05) is 0 Å². The minimum absolute atomic E-state index is 0.00395. The molecule has 0 aliphatic carbocycles. The van der Waals surface area contributed by atoms with Gasteiger partial charge in [0, 0.05) is 25.0 Å². The van der Waals surface area contributed by atoms with Crippen molar-refractivity contribution in [2.45, 2.75) is 31.2 Å². The standard InChI is InChI=1S/C20H13F7N6O3/c21-14-11(2-4-29-15(14)19(22,23)24)18(34)33-9-6-32-16(30-31-17(32)13(33)8-35-7-9)12-5-10(1-3-28-12)36-20(25,26)27/h1-5,9,13H,6-8H2. The van der Waals surface area contributed by atoms with E-state index in [1.165, 1.54) is 9.47 Å². The Hall–Kier alpha value is -3.82. The van der Waals surface area contributed by atoms with Crippen molar-refractivity contribution in [1.82, 2.24) is 29.6 Å². The minimum Gasteiger partial charge on any atom is -0.406 e. The smallest absolute Gasteiger partial charge is 0.406 e. The first-order valence-corrected chi connectivity index (χ1v) is 10.2. The zero-order chi connectivity index (χ0) is 25.8. The van der Waals surface area contributed by atoms with E-state index in [2.05, 4.69) is 24.9 Å². The van der Waals surface area contributed by atoms with Gasteiger partial charge in [-0.2, -0.15) is 13.2 Å². The van der Waals surface area contributed by atoms with Crippen LogP contribution in [-0.4, -0.2) is 61.2 Å². The monoisotopic (exact) mass is 518 g/mol. The number of amides is 1. The average Bonchev–Trinajstić information content (AvgIpc) is 3.20. The number of nitrogens with zero attached hydrogens (tertiary/aromatic N) is 6. The van der Waals surface area contributed by atoms with E-state index in [0.717, 1.165) is 24.4 Å². The van der Waals surface area contributed by atoms with Crippen LogP contribution < -0.4 is 4.74 Å². The predicted octanol–water partition coefficient (Wildman–Crippen LogP) is 3.39. The lowest BCUT2D eigenvalue weighted by Crippen LogP contribution is -2.56. The Morgan fingerprint density at radius 3 is 2.53 bits per heavy atom. The van der Waals surface area contributed by atoms with Gasteiger partial charge in [0.1, 0.15) is 17.5 Å². The molecule has 0 N–H and O–H groups in total. The molecule has 36 heavy (non-hydrogen) atoms. The number of carbonyl (C=O) groups excluding carboxylic acids is 1. The van der Waals surface area contributed by atoms with E-state index in [4.69, 9.17) is 4.74 Å². The third-order valence-electron chi connectivity index (χ3n) is 5.60. The Kier molecular flexibility index (Phi) is 5.57. The Morgan fingerprint density at radius 1 is 1.06 bits per heavy atom. The highest BCUT2D eigenvalue weighted by Crippen LogP contribution is 2.37. The molecule has 0 spiro atoms. The number of alkyl halides is 6. The van der Waals surface area contributed by atoms with Crippen molar-refractivity contribution in [2.75, 3.05) is 13.2 Å². The molecule has 2 aliphatic heterocycles. The molecule has 0 aromatic carbocycles. The highest BCUT2D eigenvalue weighted by Gasteiger charge is 2.46. The van der Waals surface area contributed by atoms with Gasteiger partial charge in [-0.1, -0.05) is 0 Å². The first-order valence-electron chi connectivity index (χ1n) is 10.2. The molecule has 3 aromatic heterocycles. The first-order chi connectivity index (χ1) is 16.9. The maximum absolute atomic E-state index is 14.6. The fraction of sp³-hybridized carbons (Fsp3) is 0.350. The molecular weight excluding hydrogens is 505 g/mol. The first kappa shape index (κ1) is 23.9. The lowest BCUT2D eigenvalue weighted by molar-refractivity contribution is -0.274. The molecule has 5 rings (SSSR count). The molecule has 0 saturated carbocycles. The van der Waals surface area contributed by atoms with Crippen LogP contribution in [0, 0.1) is 5.82 Å². The number of pyridine rings is 2. The van der Waals surface area contributed by atoms with E-state index in [0.29, 0.717) is 6.20 Å². The molecule has 2 unspecified atom stereocenters. The molecule has 2 atom stereocenters. The van der Waals surface area contributed by atoms with Crippen molar-refractivity contribution in [3.63, 3.8) is 0 Å². The number of fused-ring (bicyclic) bond motifs is 4. The molecule has 1 saturated heterocycles. The highest BCUT2D eigenvalue weighted by molar-refractivity contribution is 5.95. The van der Waals surface area contributed by atoms with Crippen LogP contribution in [0.5, 0.6) is 5.75 Å². The lowest BCUT2D eigenvalue weighted by Gasteiger charge is -2.45. The maximum atomic E-state index is 14.6. The fourth-order valence-electron chi connectivity index (χ4n) is 4.20. The molecule has 16 heteroatoms. The van der Waals surface area contributed by atoms with Crippen LogP contribution in [0.25, 0.3) is 11.5 Å². The van der Waals surface area contributed by atoms with E-state index >= 15 is 0 Å². The van der Waals surface area contributed by atoms with Gasteiger partial charge in [-0.3, -0.25) is 9.78 Å². The van der Waals surface area contributed by atoms with Gasteiger partial charge < -0.3 is 18.9 Å². The Labute approximate surface area is 196 Å². The van der Waals surface area contributed by atoms with Crippen molar-refractivity contribution in [3.05, 3.63) is 53.5 Å². The van der Waals surface area contributed by atoms with Crippen molar-refractivity contribution in [2.24, 2.45) is 0 Å². The van der Waals surface area contributed by atoms with E-state index in [9.17, 15) is 35.5 Å². The molecule has 5 heterocycles. The summed E-state index contributed by atoms with van der Waals surface area (Å²) in [4.78, 5) is 21.4. The number of morpholine rings is 1. The fourth-order valence-corrected chi connectivity index (χ4v) is 4.20. The summed E-state index contributed by atoms with van der Waals surface area (Å²) >= 11 is 0. The molecule has 1 fully saturated rings. The number of rotatable bonds is 3. The zero-order valence-electron chi connectivity index (χ0n) is 17.7. The van der Waals surface area contributed by atoms with Crippen LogP contribution in [0.1, 0.15) is 27.9 Å². The maximum Gasteiger partial charge on any atom is 0.573 e. The zero-order valence-corrected chi connectivity index (χ0v) is 17.7. The lowest BCUT2D eigenvalue weighted by atomic mass is 10.0. The Morgan fingerprint density at radius 2 is 1.81 bits per heavy atom. The second-order valence-electron chi connectivity index (χ2n) is 7.86. The predicted molar refractivity (Wildman–Crippen MR) is 103 cm³/mol. The number of carbonyl (C=O) groups is 1. The van der Waals surface area contributed by atoms with Gasteiger partial charge in [-0.05, 0) is 12.1 Å². The quantitative estimate of drug-likeness (QED) is 0.491. The average molecular weight is 518 g/mol. The summed E-state index contributed by atoms with van der Waals surface area (Å²) in [6, 6.07) is 1.15. The normalized spacial score (nSPS) is 19.7. The van der Waals surface area contributed by atoms with E-state index in [1.54, 1.807) is 0 Å². The van der Waals surface area contributed by atoms with Gasteiger partial charge in [0.15, 0.2) is 23.2 Å². The van der Waals surface area contributed by atoms with Crippen molar-refractivity contribution in [1.29, 1.82) is 0 Å². The third kappa shape index (κ3) is 4.20. The number of aromatic nitrogens is 5. The van der Waals surface area contributed by atoms with Crippen LogP contribution >= 0.6 is 0 Å². The van der Waals surface area contributed by atoms with Crippen LogP contribution in [0.15, 0.2) is 30.6 Å². The van der Waals surface area contributed by atoms with Gasteiger partial charge in [-0.15, -0.1) is 23.4 Å². The second kappa shape index (κ2) is 8.39. The summed E-state index contributed by atoms with van der Waals surface area (Å²) in [5.74, 6) is -3.13.